The van der Waals surface area contributed by atoms with Gasteiger partial charge in [-0.15, -0.1) is 0 Å². The minimum atomic E-state index is -1.17. The number of nitrogens with two attached hydrogens (primary N) is 1. The molecule has 0 bridgehead atoms. The van der Waals surface area contributed by atoms with E-state index < -0.39 is 16.2 Å². The summed E-state index contributed by atoms with van der Waals surface area (Å²) in [5.41, 5.74) is 4.13. The maximum absolute atomic E-state index is 11.4. The van der Waals surface area contributed by atoms with Crippen molar-refractivity contribution in [2.45, 2.75) is 19.3 Å². The lowest BCUT2D eigenvalue weighted by Gasteiger charge is -2.22. The van der Waals surface area contributed by atoms with Crippen molar-refractivity contribution >= 4 is 11.6 Å². The second-order valence-corrected chi connectivity index (χ2v) is 4.10. The summed E-state index contributed by atoms with van der Waals surface area (Å²) in [6, 6.07) is 4.38. The van der Waals surface area contributed by atoms with Crippen molar-refractivity contribution in [3.63, 3.8) is 0 Å². The number of methoxy groups -OCH3 is 1. The highest BCUT2D eigenvalue weighted by Crippen LogP contribution is 2.38. The summed E-state index contributed by atoms with van der Waals surface area (Å²) in [6.07, 6.45) is 0. The number of rotatable bonds is 4. The molecule has 0 saturated heterocycles. The second kappa shape index (κ2) is 4.40. The van der Waals surface area contributed by atoms with E-state index >= 15 is 0 Å². The number of hydrogen-bond donors (Lipinski definition) is 1. The number of nitrogens with zero attached hydrogens (tertiary/aromatic N) is 1. The van der Waals surface area contributed by atoms with Gasteiger partial charge >= 0.3 is 0 Å². The van der Waals surface area contributed by atoms with Crippen molar-refractivity contribution in [1.82, 2.24) is 0 Å². The van der Waals surface area contributed by atoms with Crippen molar-refractivity contribution in [3.8, 4) is 5.75 Å². The van der Waals surface area contributed by atoms with Crippen LogP contribution in [0.1, 0.15) is 19.4 Å². The number of carbonyl (C=O) groups is 1. The lowest BCUT2D eigenvalue weighted by atomic mass is 9.82. The van der Waals surface area contributed by atoms with E-state index in [-0.39, 0.29) is 17.0 Å². The maximum atomic E-state index is 11.4. The van der Waals surface area contributed by atoms with Gasteiger partial charge in [-0.25, -0.2) is 0 Å². The lowest BCUT2D eigenvalue weighted by molar-refractivity contribution is -0.386. The molecule has 1 rings (SSSR count). The molecule has 92 valence electrons. The number of nitro benzene ring substituents is 1. The third-order valence-corrected chi connectivity index (χ3v) is 2.66. The predicted octanol–water partition coefficient (Wildman–Crippen LogP) is 1.37. The highest BCUT2D eigenvalue weighted by Gasteiger charge is 2.37. The second-order valence-electron chi connectivity index (χ2n) is 4.10. The summed E-state index contributed by atoms with van der Waals surface area (Å²) in [5.74, 6) is -0.367. The molecule has 0 atom stereocenters. The fraction of sp³-hybridized carbons (Fsp3) is 0.364. The van der Waals surface area contributed by atoms with Gasteiger partial charge in [-0.05, 0) is 19.9 Å². The van der Waals surface area contributed by atoms with Crippen molar-refractivity contribution in [3.05, 3.63) is 33.9 Å². The third kappa shape index (κ3) is 2.20. The predicted molar refractivity (Wildman–Crippen MR) is 61.9 cm³/mol. The van der Waals surface area contributed by atoms with Crippen LogP contribution in [0.15, 0.2) is 18.2 Å². The first kappa shape index (κ1) is 13.0. The van der Waals surface area contributed by atoms with E-state index in [1.807, 2.05) is 0 Å². The molecule has 6 nitrogen and oxygen atoms in total. The van der Waals surface area contributed by atoms with E-state index in [0.29, 0.717) is 0 Å². The Bertz CT molecular complexity index is 469. The minimum Gasteiger partial charge on any atom is -0.496 e. The largest absolute Gasteiger partial charge is 0.496 e. The van der Waals surface area contributed by atoms with Gasteiger partial charge < -0.3 is 10.5 Å². The molecule has 0 saturated carbocycles. The van der Waals surface area contributed by atoms with Crippen molar-refractivity contribution in [2.24, 2.45) is 5.73 Å². The van der Waals surface area contributed by atoms with Crippen molar-refractivity contribution in [1.29, 1.82) is 0 Å². The minimum absolute atomic E-state index is 0.173. The maximum Gasteiger partial charge on any atom is 0.277 e. The fourth-order valence-electron chi connectivity index (χ4n) is 1.59. The van der Waals surface area contributed by atoms with Crippen LogP contribution in [0.4, 0.5) is 5.69 Å². The van der Waals surface area contributed by atoms with E-state index in [2.05, 4.69) is 0 Å². The van der Waals surface area contributed by atoms with E-state index in [1.165, 1.54) is 33.1 Å². The molecule has 17 heavy (non-hydrogen) atoms. The number of benzene rings is 1. The van der Waals surface area contributed by atoms with Crippen LogP contribution in [-0.2, 0) is 10.2 Å². The average molecular weight is 238 g/mol. The molecule has 0 unspecified atom stereocenters. The first-order valence-electron chi connectivity index (χ1n) is 4.94. The van der Waals surface area contributed by atoms with Crippen LogP contribution in [0, 0.1) is 10.1 Å². The summed E-state index contributed by atoms with van der Waals surface area (Å²) in [4.78, 5) is 21.8. The van der Waals surface area contributed by atoms with E-state index in [1.54, 1.807) is 6.07 Å². The molecule has 0 fully saturated rings. The molecule has 2 N–H and O–H groups in total. The number of amides is 1. The number of ether oxygens (including phenoxy) is 1. The highest BCUT2D eigenvalue weighted by atomic mass is 16.6. The van der Waals surface area contributed by atoms with Crippen molar-refractivity contribution < 1.29 is 14.5 Å². The van der Waals surface area contributed by atoms with Gasteiger partial charge in [0.15, 0.2) is 0 Å². The number of hydrogen-bond acceptors (Lipinski definition) is 4. The summed E-state index contributed by atoms with van der Waals surface area (Å²) in [5, 5.41) is 11.0. The monoisotopic (exact) mass is 238 g/mol. The first-order valence-corrected chi connectivity index (χ1v) is 4.94. The molecule has 1 aromatic carbocycles. The molecule has 6 heteroatoms. The standard InChI is InChI=1S/C11H14N2O4/c1-11(2,10(12)14)9-7(13(15)16)5-4-6-8(9)17-3/h4-6H,1-3H3,(H2,12,14). The molecular formula is C11H14N2O4. The number of primary amides is 1. The summed E-state index contributed by atoms with van der Waals surface area (Å²) in [6.45, 7) is 3.06. The molecule has 0 heterocycles. The average Bonchev–Trinajstić information content (AvgIpc) is 2.27. The molecule has 1 amide bonds. The quantitative estimate of drug-likeness (QED) is 0.632. The SMILES string of the molecule is COc1cccc([N+](=O)[O-])c1C(C)(C)C(N)=O. The Hall–Kier alpha value is -2.11. The lowest BCUT2D eigenvalue weighted by Crippen LogP contribution is -2.36. The normalized spacial score (nSPS) is 11.0. The van der Waals surface area contributed by atoms with Gasteiger partial charge in [-0.2, -0.15) is 0 Å². The van der Waals surface area contributed by atoms with Gasteiger partial charge in [0.05, 0.1) is 23.0 Å². The molecule has 0 aliphatic carbocycles. The zero-order valence-electron chi connectivity index (χ0n) is 9.89. The van der Waals surface area contributed by atoms with Crippen LogP contribution in [-0.4, -0.2) is 17.9 Å². The fourth-order valence-corrected chi connectivity index (χ4v) is 1.59. The van der Waals surface area contributed by atoms with E-state index in [0.717, 1.165) is 0 Å². The number of nitro groups is 1. The Balaban J connectivity index is 3.58. The molecule has 0 aliphatic rings. The summed E-state index contributed by atoms with van der Waals surface area (Å²) >= 11 is 0. The van der Waals surface area contributed by atoms with Crippen LogP contribution in [0.25, 0.3) is 0 Å². The van der Waals surface area contributed by atoms with Crippen LogP contribution >= 0.6 is 0 Å². The van der Waals surface area contributed by atoms with Gasteiger partial charge in [0.2, 0.25) is 5.91 Å². The zero-order valence-corrected chi connectivity index (χ0v) is 9.89. The van der Waals surface area contributed by atoms with Crippen LogP contribution in [0.2, 0.25) is 0 Å². The van der Waals surface area contributed by atoms with Crippen LogP contribution in [0.3, 0.4) is 0 Å². The smallest absolute Gasteiger partial charge is 0.277 e. The van der Waals surface area contributed by atoms with Gasteiger partial charge in [-0.1, -0.05) is 6.07 Å². The molecule has 0 aliphatic heterocycles. The van der Waals surface area contributed by atoms with Gasteiger partial charge in [0.25, 0.3) is 5.69 Å². The topological polar surface area (TPSA) is 95.5 Å². The molecular weight excluding hydrogens is 224 g/mol. The third-order valence-electron chi connectivity index (χ3n) is 2.66. The van der Waals surface area contributed by atoms with Gasteiger partial charge in [-0.3, -0.25) is 14.9 Å². The van der Waals surface area contributed by atoms with Gasteiger partial charge in [0.1, 0.15) is 5.75 Å². The van der Waals surface area contributed by atoms with Crippen LogP contribution < -0.4 is 10.5 Å². The molecule has 0 radical (unpaired) electrons. The van der Waals surface area contributed by atoms with E-state index in [4.69, 9.17) is 10.5 Å². The zero-order chi connectivity index (χ0) is 13.2. The van der Waals surface area contributed by atoms with E-state index in [9.17, 15) is 14.9 Å². The highest BCUT2D eigenvalue weighted by molar-refractivity contribution is 5.88. The molecule has 1 aromatic rings. The van der Waals surface area contributed by atoms with Gasteiger partial charge in [0, 0.05) is 6.07 Å². The Morgan fingerprint density at radius 1 is 1.47 bits per heavy atom. The molecule has 0 aromatic heterocycles. The van der Waals surface area contributed by atoms with Crippen molar-refractivity contribution in [2.75, 3.05) is 7.11 Å². The Morgan fingerprint density at radius 2 is 2.06 bits per heavy atom. The molecule has 0 spiro atoms. The Labute approximate surface area is 98.5 Å². The Kier molecular flexibility index (Phi) is 3.36. The number of carbonyl (C=O) groups excluding carboxylic acids is 1. The van der Waals surface area contributed by atoms with Crippen LogP contribution in [0.5, 0.6) is 5.75 Å². The summed E-state index contributed by atoms with van der Waals surface area (Å²) < 4.78 is 5.06. The summed E-state index contributed by atoms with van der Waals surface area (Å²) in [7, 11) is 1.39. The Morgan fingerprint density at radius 3 is 2.47 bits per heavy atom. The first-order chi connectivity index (χ1) is 7.82.